The standard InChI is InChI=1S/C27H36OSi/c1-21(25-18-12-13-19-26(25)22(2)28)20-29(27(3,4)5,23-14-8-6-9-15-23)24-16-10-7-11-17-24/h6-11,14-17,25-26H,1,12-13,18-20H2,2-5H3/t25-,26+/m0/s1. The molecule has 29 heavy (non-hydrogen) atoms. The molecule has 154 valence electrons. The molecule has 0 amide bonds. The summed E-state index contributed by atoms with van der Waals surface area (Å²) in [6.07, 6.45) is 4.53. The van der Waals surface area contributed by atoms with E-state index >= 15 is 0 Å². The third-order valence-electron chi connectivity index (χ3n) is 7.12. The van der Waals surface area contributed by atoms with E-state index in [1.807, 2.05) is 0 Å². The maximum atomic E-state index is 12.4. The number of carbonyl (C=O) groups is 1. The first-order chi connectivity index (χ1) is 13.8. The largest absolute Gasteiger partial charge is 0.300 e. The second-order valence-corrected chi connectivity index (χ2v) is 14.6. The molecule has 1 aliphatic rings. The van der Waals surface area contributed by atoms with Gasteiger partial charge in [0, 0.05) is 5.92 Å². The summed E-state index contributed by atoms with van der Waals surface area (Å²) in [5.41, 5.74) is 1.30. The van der Waals surface area contributed by atoms with E-state index in [0.717, 1.165) is 18.9 Å². The minimum atomic E-state index is -2.17. The molecule has 0 saturated heterocycles. The van der Waals surface area contributed by atoms with Gasteiger partial charge in [-0.2, -0.15) is 0 Å². The summed E-state index contributed by atoms with van der Waals surface area (Å²) >= 11 is 0. The Labute approximate surface area is 178 Å². The third kappa shape index (κ3) is 4.33. The van der Waals surface area contributed by atoms with Gasteiger partial charge in [0.1, 0.15) is 13.9 Å². The second-order valence-electron chi connectivity index (χ2n) is 9.83. The van der Waals surface area contributed by atoms with Crippen LogP contribution in [0.1, 0.15) is 53.4 Å². The first kappa shape index (κ1) is 21.8. The summed E-state index contributed by atoms with van der Waals surface area (Å²) in [5.74, 6) is 0.843. The maximum Gasteiger partial charge on any atom is 0.133 e. The molecule has 1 fully saturated rings. The SMILES string of the molecule is C=C(C[Si](c1ccccc1)(c1ccccc1)C(C)(C)C)[C@@H]1CCCC[C@@H]1C(C)=O. The number of ketones is 1. The van der Waals surface area contributed by atoms with Crippen LogP contribution in [0.3, 0.4) is 0 Å². The molecule has 2 aromatic rings. The Morgan fingerprint density at radius 2 is 1.34 bits per heavy atom. The van der Waals surface area contributed by atoms with Crippen molar-refractivity contribution in [3.63, 3.8) is 0 Å². The average molecular weight is 405 g/mol. The zero-order valence-electron chi connectivity index (χ0n) is 18.6. The highest BCUT2D eigenvalue weighted by Gasteiger charge is 2.48. The van der Waals surface area contributed by atoms with Crippen molar-refractivity contribution < 1.29 is 4.79 Å². The van der Waals surface area contributed by atoms with Gasteiger partial charge in [0.25, 0.3) is 0 Å². The summed E-state index contributed by atoms with van der Waals surface area (Å²) < 4.78 is 0. The molecule has 0 spiro atoms. The third-order valence-corrected chi connectivity index (χ3v) is 13.3. The Bertz CT molecular complexity index is 792. The molecule has 0 heterocycles. The van der Waals surface area contributed by atoms with Gasteiger partial charge >= 0.3 is 0 Å². The monoisotopic (exact) mass is 404 g/mol. The van der Waals surface area contributed by atoms with E-state index in [1.165, 1.54) is 28.8 Å². The summed E-state index contributed by atoms with van der Waals surface area (Å²) in [6.45, 7) is 13.6. The Kier molecular flexibility index (Phi) is 6.63. The predicted molar refractivity (Wildman–Crippen MR) is 128 cm³/mol. The molecule has 1 nitrogen and oxygen atoms in total. The lowest BCUT2D eigenvalue weighted by Gasteiger charge is -2.46. The lowest BCUT2D eigenvalue weighted by Crippen LogP contribution is -2.64. The molecule has 0 aliphatic heterocycles. The lowest BCUT2D eigenvalue weighted by molar-refractivity contribution is -0.122. The van der Waals surface area contributed by atoms with Gasteiger partial charge in [-0.1, -0.05) is 117 Å². The number of hydrogen-bond donors (Lipinski definition) is 0. The van der Waals surface area contributed by atoms with Crippen LogP contribution in [0.4, 0.5) is 0 Å². The highest BCUT2D eigenvalue weighted by atomic mass is 28.3. The predicted octanol–water partition coefficient (Wildman–Crippen LogP) is 6.00. The van der Waals surface area contributed by atoms with Crippen LogP contribution in [-0.2, 0) is 4.79 Å². The van der Waals surface area contributed by atoms with Crippen LogP contribution >= 0.6 is 0 Å². The van der Waals surface area contributed by atoms with Crippen molar-refractivity contribution in [1.82, 2.24) is 0 Å². The molecule has 0 bridgehead atoms. The van der Waals surface area contributed by atoms with E-state index < -0.39 is 8.07 Å². The van der Waals surface area contributed by atoms with E-state index in [0.29, 0.717) is 11.7 Å². The first-order valence-electron chi connectivity index (χ1n) is 11.1. The molecule has 1 saturated carbocycles. The van der Waals surface area contributed by atoms with E-state index in [4.69, 9.17) is 0 Å². The fourth-order valence-electron chi connectivity index (χ4n) is 5.53. The summed E-state index contributed by atoms with van der Waals surface area (Å²) in [5, 5.41) is 3.06. The van der Waals surface area contributed by atoms with Gasteiger partial charge < -0.3 is 0 Å². The Morgan fingerprint density at radius 3 is 1.76 bits per heavy atom. The van der Waals surface area contributed by atoms with Gasteiger partial charge in [-0.3, -0.25) is 4.79 Å². The molecule has 0 unspecified atom stereocenters. The maximum absolute atomic E-state index is 12.4. The number of benzene rings is 2. The molecule has 0 N–H and O–H groups in total. The van der Waals surface area contributed by atoms with E-state index in [-0.39, 0.29) is 11.0 Å². The van der Waals surface area contributed by atoms with Gasteiger partial charge in [0.15, 0.2) is 0 Å². The highest BCUT2D eigenvalue weighted by Crippen LogP contribution is 2.44. The van der Waals surface area contributed by atoms with Crippen molar-refractivity contribution in [2.75, 3.05) is 0 Å². The topological polar surface area (TPSA) is 17.1 Å². The fraction of sp³-hybridized carbons (Fsp3) is 0.444. The van der Waals surface area contributed by atoms with Crippen LogP contribution in [0.5, 0.6) is 0 Å². The van der Waals surface area contributed by atoms with Crippen molar-refractivity contribution >= 4 is 24.2 Å². The minimum Gasteiger partial charge on any atom is -0.300 e. The van der Waals surface area contributed by atoms with Crippen LogP contribution < -0.4 is 10.4 Å². The van der Waals surface area contributed by atoms with Crippen molar-refractivity contribution in [3.05, 3.63) is 72.8 Å². The van der Waals surface area contributed by atoms with Crippen molar-refractivity contribution in [1.29, 1.82) is 0 Å². The molecule has 3 rings (SSSR count). The van der Waals surface area contributed by atoms with E-state index in [2.05, 4.69) is 88.0 Å². The number of carbonyl (C=O) groups excluding carboxylic acids is 1. The Balaban J connectivity index is 2.11. The average Bonchev–Trinajstić information content (AvgIpc) is 2.72. The Hall–Kier alpha value is -1.93. The number of allylic oxidation sites excluding steroid dienone is 1. The van der Waals surface area contributed by atoms with Gasteiger partial charge in [0.05, 0.1) is 0 Å². The number of rotatable bonds is 6. The van der Waals surface area contributed by atoms with Crippen molar-refractivity contribution in [2.24, 2.45) is 11.8 Å². The molecule has 0 aromatic heterocycles. The van der Waals surface area contributed by atoms with Crippen LogP contribution in [0.25, 0.3) is 0 Å². The summed E-state index contributed by atoms with van der Waals surface area (Å²) in [7, 11) is -2.17. The smallest absolute Gasteiger partial charge is 0.133 e. The number of hydrogen-bond acceptors (Lipinski definition) is 1. The van der Waals surface area contributed by atoms with E-state index in [1.54, 1.807) is 6.92 Å². The molecular formula is C27H36OSi. The van der Waals surface area contributed by atoms with E-state index in [9.17, 15) is 4.79 Å². The zero-order chi connectivity index (χ0) is 21.1. The first-order valence-corrected chi connectivity index (χ1v) is 13.3. The van der Waals surface area contributed by atoms with Crippen LogP contribution in [0, 0.1) is 11.8 Å². The van der Waals surface area contributed by atoms with Crippen LogP contribution in [0.15, 0.2) is 72.8 Å². The minimum absolute atomic E-state index is 0.124. The van der Waals surface area contributed by atoms with Crippen molar-refractivity contribution in [2.45, 2.75) is 64.5 Å². The van der Waals surface area contributed by atoms with Gasteiger partial charge in [-0.15, -0.1) is 0 Å². The zero-order valence-corrected chi connectivity index (χ0v) is 19.6. The fourth-order valence-corrected chi connectivity index (χ4v) is 11.0. The van der Waals surface area contributed by atoms with Gasteiger partial charge in [-0.05, 0) is 36.8 Å². The van der Waals surface area contributed by atoms with Gasteiger partial charge in [0.2, 0.25) is 0 Å². The number of Topliss-reactive ketones (excluding diaryl/α,β-unsaturated/α-hetero) is 1. The summed E-state index contributed by atoms with van der Waals surface area (Å²) in [4.78, 5) is 12.4. The highest BCUT2D eigenvalue weighted by molar-refractivity contribution is 7.04. The summed E-state index contributed by atoms with van der Waals surface area (Å²) in [6, 6.07) is 23.2. The molecule has 1 aliphatic carbocycles. The van der Waals surface area contributed by atoms with Crippen LogP contribution in [-0.4, -0.2) is 13.9 Å². The quantitative estimate of drug-likeness (QED) is 0.426. The Morgan fingerprint density at radius 1 is 0.897 bits per heavy atom. The molecule has 2 heteroatoms. The molecule has 0 radical (unpaired) electrons. The van der Waals surface area contributed by atoms with Crippen LogP contribution in [0.2, 0.25) is 11.1 Å². The van der Waals surface area contributed by atoms with Gasteiger partial charge in [-0.25, -0.2) is 0 Å². The molecular weight excluding hydrogens is 368 g/mol. The van der Waals surface area contributed by atoms with Crippen molar-refractivity contribution in [3.8, 4) is 0 Å². The second kappa shape index (κ2) is 8.83. The normalized spacial score (nSPS) is 20.3. The lowest BCUT2D eigenvalue weighted by atomic mass is 9.74. The molecule has 2 atom stereocenters. The molecule has 2 aromatic carbocycles.